The van der Waals surface area contributed by atoms with Crippen LogP contribution in [0.5, 0.6) is 0 Å². The molecule has 2 rings (SSSR count). The fraction of sp³-hybridized carbons (Fsp3) is 0.600. The zero-order valence-electron chi connectivity index (χ0n) is 13.0. The van der Waals surface area contributed by atoms with Gasteiger partial charge in [0.1, 0.15) is 0 Å². The maximum absolute atomic E-state index is 12.6. The number of hydrogen-bond acceptors (Lipinski definition) is 4. The van der Waals surface area contributed by atoms with Crippen molar-refractivity contribution in [3.63, 3.8) is 0 Å². The molecule has 21 heavy (non-hydrogen) atoms. The number of nitrogens with one attached hydrogen (secondary N) is 1. The monoisotopic (exact) mass is 311 g/mol. The van der Waals surface area contributed by atoms with Crippen molar-refractivity contribution in [2.45, 2.75) is 63.6 Å². The van der Waals surface area contributed by atoms with Gasteiger partial charge in [0.25, 0.3) is 10.0 Å². The SMILES string of the molecule is Cc1ccc(S(=O)(=O)NN2C(C)CCCC2C)cc1CN. The van der Waals surface area contributed by atoms with Crippen molar-refractivity contribution in [1.29, 1.82) is 0 Å². The standard InChI is InChI=1S/C15H25N3O2S/c1-11-7-8-15(9-14(11)10-16)21(19,20)17-18-12(2)5-4-6-13(18)3/h7-9,12-13,17H,4-6,10,16H2,1-3H3. The van der Waals surface area contributed by atoms with Crippen molar-refractivity contribution in [2.75, 3.05) is 0 Å². The van der Waals surface area contributed by atoms with E-state index in [-0.39, 0.29) is 17.0 Å². The van der Waals surface area contributed by atoms with Crippen molar-refractivity contribution < 1.29 is 8.42 Å². The first-order chi connectivity index (χ1) is 9.85. The van der Waals surface area contributed by atoms with Crippen LogP contribution >= 0.6 is 0 Å². The summed E-state index contributed by atoms with van der Waals surface area (Å²) in [6.45, 7) is 6.38. The minimum atomic E-state index is -3.55. The van der Waals surface area contributed by atoms with E-state index in [1.165, 1.54) is 0 Å². The summed E-state index contributed by atoms with van der Waals surface area (Å²) in [7, 11) is -3.55. The molecule has 118 valence electrons. The first kappa shape index (κ1) is 16.4. The molecule has 1 fully saturated rings. The Kier molecular flexibility index (Phi) is 5.03. The number of piperidine rings is 1. The third-order valence-corrected chi connectivity index (χ3v) is 5.60. The Hall–Kier alpha value is -0.950. The van der Waals surface area contributed by atoms with Crippen molar-refractivity contribution in [2.24, 2.45) is 5.73 Å². The molecule has 1 aliphatic rings. The van der Waals surface area contributed by atoms with E-state index in [0.29, 0.717) is 6.54 Å². The molecule has 1 aromatic carbocycles. The van der Waals surface area contributed by atoms with Gasteiger partial charge >= 0.3 is 0 Å². The van der Waals surface area contributed by atoms with Gasteiger partial charge in [0.05, 0.1) is 4.90 Å². The predicted octanol–water partition coefficient (Wildman–Crippen LogP) is 1.91. The Labute approximate surface area is 127 Å². The number of benzene rings is 1. The Morgan fingerprint density at radius 1 is 1.29 bits per heavy atom. The van der Waals surface area contributed by atoms with Crippen LogP contribution < -0.4 is 10.6 Å². The van der Waals surface area contributed by atoms with Gasteiger partial charge in [0, 0.05) is 18.6 Å². The second-order valence-corrected chi connectivity index (χ2v) is 7.58. The van der Waals surface area contributed by atoms with Crippen LogP contribution in [0.4, 0.5) is 0 Å². The number of hydrogen-bond donors (Lipinski definition) is 2. The van der Waals surface area contributed by atoms with Crippen LogP contribution in [-0.2, 0) is 16.6 Å². The highest BCUT2D eigenvalue weighted by Crippen LogP contribution is 2.22. The van der Waals surface area contributed by atoms with Gasteiger partial charge in [-0.05, 0) is 56.9 Å². The molecular weight excluding hydrogens is 286 g/mol. The average Bonchev–Trinajstić information content (AvgIpc) is 2.43. The first-order valence-electron chi connectivity index (χ1n) is 7.45. The molecule has 6 heteroatoms. The molecule has 0 aromatic heterocycles. The molecular formula is C15H25N3O2S. The van der Waals surface area contributed by atoms with Crippen LogP contribution in [0.3, 0.4) is 0 Å². The van der Waals surface area contributed by atoms with E-state index < -0.39 is 10.0 Å². The van der Waals surface area contributed by atoms with Crippen LogP contribution in [0.25, 0.3) is 0 Å². The van der Waals surface area contributed by atoms with E-state index in [1.54, 1.807) is 18.2 Å². The van der Waals surface area contributed by atoms with Gasteiger partial charge in [-0.3, -0.25) is 0 Å². The lowest BCUT2D eigenvalue weighted by Crippen LogP contribution is -2.53. The van der Waals surface area contributed by atoms with Gasteiger partial charge < -0.3 is 5.73 Å². The highest BCUT2D eigenvalue weighted by Gasteiger charge is 2.29. The summed E-state index contributed by atoms with van der Waals surface area (Å²) < 4.78 is 25.2. The summed E-state index contributed by atoms with van der Waals surface area (Å²) in [6.07, 6.45) is 3.16. The van der Waals surface area contributed by atoms with Crippen LogP contribution in [-0.4, -0.2) is 25.5 Å². The van der Waals surface area contributed by atoms with E-state index >= 15 is 0 Å². The maximum atomic E-state index is 12.6. The van der Waals surface area contributed by atoms with Crippen molar-refractivity contribution in [1.82, 2.24) is 9.84 Å². The third-order valence-electron chi connectivity index (χ3n) is 4.27. The maximum Gasteiger partial charge on any atom is 0.253 e. The van der Waals surface area contributed by atoms with E-state index in [2.05, 4.69) is 18.7 Å². The minimum absolute atomic E-state index is 0.211. The molecule has 2 unspecified atom stereocenters. The van der Waals surface area contributed by atoms with E-state index in [4.69, 9.17) is 5.73 Å². The molecule has 0 saturated carbocycles. The third kappa shape index (κ3) is 3.63. The fourth-order valence-corrected chi connectivity index (χ4v) is 4.12. The lowest BCUT2D eigenvalue weighted by Gasteiger charge is -2.38. The van der Waals surface area contributed by atoms with Gasteiger partial charge in [-0.15, -0.1) is 4.83 Å². The molecule has 3 N–H and O–H groups in total. The Morgan fingerprint density at radius 2 is 1.90 bits per heavy atom. The lowest BCUT2D eigenvalue weighted by molar-refractivity contribution is 0.0790. The normalized spacial score (nSPS) is 24.2. The van der Waals surface area contributed by atoms with Crippen LogP contribution in [0.2, 0.25) is 0 Å². The van der Waals surface area contributed by atoms with E-state index in [9.17, 15) is 8.42 Å². The number of sulfonamides is 1. The zero-order chi connectivity index (χ0) is 15.6. The molecule has 1 aromatic rings. The van der Waals surface area contributed by atoms with Crippen molar-refractivity contribution >= 4 is 10.0 Å². The largest absolute Gasteiger partial charge is 0.326 e. The molecule has 0 amide bonds. The molecule has 1 aliphatic heterocycles. The van der Waals surface area contributed by atoms with Gasteiger partial charge in [-0.2, -0.15) is 0 Å². The van der Waals surface area contributed by atoms with Crippen molar-refractivity contribution in [3.05, 3.63) is 29.3 Å². The molecule has 0 aliphatic carbocycles. The van der Waals surface area contributed by atoms with Gasteiger partial charge in [-0.25, -0.2) is 13.4 Å². The smallest absolute Gasteiger partial charge is 0.253 e. The number of nitrogens with two attached hydrogens (primary N) is 1. The first-order valence-corrected chi connectivity index (χ1v) is 8.94. The van der Waals surface area contributed by atoms with E-state index in [1.807, 2.05) is 11.9 Å². The number of aryl methyl sites for hydroxylation is 1. The van der Waals surface area contributed by atoms with E-state index in [0.717, 1.165) is 30.4 Å². The molecule has 0 radical (unpaired) electrons. The lowest BCUT2D eigenvalue weighted by atomic mass is 10.0. The average molecular weight is 311 g/mol. The highest BCUT2D eigenvalue weighted by atomic mass is 32.2. The summed E-state index contributed by atoms with van der Waals surface area (Å²) >= 11 is 0. The summed E-state index contributed by atoms with van der Waals surface area (Å²) in [5.41, 5.74) is 7.53. The molecule has 0 spiro atoms. The second kappa shape index (κ2) is 6.44. The van der Waals surface area contributed by atoms with Gasteiger partial charge in [0.15, 0.2) is 0 Å². The quantitative estimate of drug-likeness (QED) is 0.890. The van der Waals surface area contributed by atoms with Gasteiger partial charge in [0.2, 0.25) is 0 Å². The van der Waals surface area contributed by atoms with Gasteiger partial charge in [-0.1, -0.05) is 12.5 Å². The number of nitrogens with zero attached hydrogens (tertiary/aromatic N) is 1. The fourth-order valence-electron chi connectivity index (χ4n) is 2.83. The summed E-state index contributed by atoms with van der Waals surface area (Å²) in [6, 6.07) is 5.53. The Morgan fingerprint density at radius 3 is 2.48 bits per heavy atom. The molecule has 5 nitrogen and oxygen atoms in total. The summed E-state index contributed by atoms with van der Waals surface area (Å²) in [4.78, 5) is 3.02. The zero-order valence-corrected chi connectivity index (χ0v) is 13.8. The second-order valence-electron chi connectivity index (χ2n) is 5.92. The highest BCUT2D eigenvalue weighted by molar-refractivity contribution is 7.89. The molecule has 1 saturated heterocycles. The minimum Gasteiger partial charge on any atom is -0.326 e. The van der Waals surface area contributed by atoms with Crippen molar-refractivity contribution in [3.8, 4) is 0 Å². The molecule has 0 bridgehead atoms. The predicted molar refractivity (Wildman–Crippen MR) is 84.0 cm³/mol. The molecule has 2 atom stereocenters. The summed E-state index contributed by atoms with van der Waals surface area (Å²) in [5.74, 6) is 0. The number of rotatable bonds is 4. The number of hydrazine groups is 1. The Bertz CT molecular complexity index is 591. The Balaban J connectivity index is 2.25. The van der Waals surface area contributed by atoms with Crippen LogP contribution in [0.15, 0.2) is 23.1 Å². The summed E-state index contributed by atoms with van der Waals surface area (Å²) in [5, 5.41) is 1.86. The topological polar surface area (TPSA) is 75.4 Å². The van der Waals surface area contributed by atoms with Crippen LogP contribution in [0.1, 0.15) is 44.2 Å². The molecule has 1 heterocycles. The van der Waals surface area contributed by atoms with Crippen LogP contribution in [0, 0.1) is 6.92 Å².